The number of hydrogen-bond acceptors (Lipinski definition) is 2. The van der Waals surface area contributed by atoms with E-state index in [1.54, 1.807) is 18.2 Å². The predicted octanol–water partition coefficient (Wildman–Crippen LogP) is 4.43. The van der Waals surface area contributed by atoms with Crippen LogP contribution < -0.4 is 10.5 Å². The second-order valence-electron chi connectivity index (χ2n) is 4.78. The molecule has 0 saturated heterocycles. The van der Waals surface area contributed by atoms with Crippen LogP contribution in [0.2, 0.25) is 10.0 Å². The Morgan fingerprint density at radius 1 is 1.19 bits per heavy atom. The van der Waals surface area contributed by atoms with Gasteiger partial charge in [0.2, 0.25) is 0 Å². The molecule has 0 aliphatic heterocycles. The summed E-state index contributed by atoms with van der Waals surface area (Å²) in [5, 5.41) is 0.907. The van der Waals surface area contributed by atoms with Gasteiger partial charge in [-0.1, -0.05) is 35.3 Å². The zero-order valence-corrected chi connectivity index (χ0v) is 13.1. The second kappa shape index (κ2) is 7.12. The molecule has 0 fully saturated rings. The number of ether oxygens (including phenoxy) is 1. The van der Waals surface area contributed by atoms with Crippen molar-refractivity contribution < 1.29 is 9.13 Å². The third-order valence-corrected chi connectivity index (χ3v) is 3.91. The standard InChI is InChI=1S/C16H16Cl2FNO/c1-21-16-14(17)6-10(7-15(16)18)5-12(9-20)11-3-2-4-13(19)8-11/h2-4,6-8,12H,5,9,20H2,1H3. The molecule has 1 atom stereocenters. The molecule has 0 heterocycles. The van der Waals surface area contributed by atoms with Gasteiger partial charge in [0.05, 0.1) is 17.2 Å². The first-order valence-electron chi connectivity index (χ1n) is 6.52. The summed E-state index contributed by atoms with van der Waals surface area (Å²) in [6, 6.07) is 10.1. The largest absolute Gasteiger partial charge is 0.494 e. The average molecular weight is 328 g/mol. The summed E-state index contributed by atoms with van der Waals surface area (Å²) in [7, 11) is 1.52. The van der Waals surface area contributed by atoms with Crippen molar-refractivity contribution in [3.8, 4) is 5.75 Å². The molecule has 1 unspecified atom stereocenters. The van der Waals surface area contributed by atoms with Gasteiger partial charge in [-0.2, -0.15) is 0 Å². The van der Waals surface area contributed by atoms with Crippen molar-refractivity contribution in [1.29, 1.82) is 0 Å². The molecule has 2 N–H and O–H groups in total. The molecule has 0 aromatic heterocycles. The predicted molar refractivity (Wildman–Crippen MR) is 84.9 cm³/mol. The number of hydrogen-bond donors (Lipinski definition) is 1. The molecule has 2 rings (SSSR count). The van der Waals surface area contributed by atoms with Crippen LogP contribution >= 0.6 is 23.2 Å². The summed E-state index contributed by atoms with van der Waals surface area (Å²) >= 11 is 12.3. The molecule has 0 radical (unpaired) electrons. The maximum atomic E-state index is 13.3. The van der Waals surface area contributed by atoms with Gasteiger partial charge in [-0.3, -0.25) is 0 Å². The van der Waals surface area contributed by atoms with Gasteiger partial charge >= 0.3 is 0 Å². The first-order chi connectivity index (χ1) is 10.0. The van der Waals surface area contributed by atoms with Gasteiger partial charge < -0.3 is 10.5 Å². The molecule has 0 aliphatic carbocycles. The van der Waals surface area contributed by atoms with Crippen molar-refractivity contribution in [3.63, 3.8) is 0 Å². The van der Waals surface area contributed by atoms with Crippen LogP contribution in [0.3, 0.4) is 0 Å². The Bertz CT molecular complexity index is 610. The molecule has 0 spiro atoms. The molecule has 0 bridgehead atoms. The van der Waals surface area contributed by atoms with E-state index >= 15 is 0 Å². The Balaban J connectivity index is 2.27. The van der Waals surface area contributed by atoms with Crippen molar-refractivity contribution in [2.24, 2.45) is 5.73 Å². The lowest BCUT2D eigenvalue weighted by atomic mass is 9.92. The van der Waals surface area contributed by atoms with E-state index in [1.165, 1.54) is 19.2 Å². The van der Waals surface area contributed by atoms with Gasteiger partial charge in [0.15, 0.2) is 5.75 Å². The molecule has 0 saturated carbocycles. The van der Waals surface area contributed by atoms with Crippen LogP contribution in [0.4, 0.5) is 4.39 Å². The normalized spacial score (nSPS) is 12.2. The Labute approximate surface area is 133 Å². The van der Waals surface area contributed by atoms with Gasteiger partial charge in [0, 0.05) is 5.92 Å². The summed E-state index contributed by atoms with van der Waals surface area (Å²) in [5.41, 5.74) is 7.62. The van der Waals surface area contributed by atoms with Crippen LogP contribution in [0.5, 0.6) is 5.75 Å². The van der Waals surface area contributed by atoms with Crippen LogP contribution in [-0.4, -0.2) is 13.7 Å². The molecule has 2 aromatic carbocycles. The van der Waals surface area contributed by atoms with Gasteiger partial charge in [-0.15, -0.1) is 0 Å². The van der Waals surface area contributed by atoms with Crippen LogP contribution in [0.15, 0.2) is 36.4 Å². The van der Waals surface area contributed by atoms with Crippen LogP contribution in [-0.2, 0) is 6.42 Å². The monoisotopic (exact) mass is 327 g/mol. The van der Waals surface area contributed by atoms with Gasteiger partial charge in [0.1, 0.15) is 5.82 Å². The summed E-state index contributed by atoms with van der Waals surface area (Å²) in [5.74, 6) is 0.190. The summed E-state index contributed by atoms with van der Waals surface area (Å²) < 4.78 is 18.5. The Morgan fingerprint density at radius 2 is 1.86 bits per heavy atom. The number of rotatable bonds is 5. The van der Waals surface area contributed by atoms with Crippen molar-refractivity contribution in [2.75, 3.05) is 13.7 Å². The fourth-order valence-corrected chi connectivity index (χ4v) is 2.99. The molecule has 5 heteroatoms. The molecular formula is C16H16Cl2FNO. The molecule has 2 aromatic rings. The number of nitrogens with two attached hydrogens (primary N) is 1. The van der Waals surface area contributed by atoms with E-state index in [0.717, 1.165) is 11.1 Å². The summed E-state index contributed by atoms with van der Waals surface area (Å²) in [6.07, 6.45) is 0.628. The van der Waals surface area contributed by atoms with Gasteiger partial charge in [-0.25, -0.2) is 4.39 Å². The Morgan fingerprint density at radius 3 is 2.38 bits per heavy atom. The topological polar surface area (TPSA) is 35.2 Å². The van der Waals surface area contributed by atoms with Gasteiger partial charge in [0.25, 0.3) is 0 Å². The fourth-order valence-electron chi connectivity index (χ4n) is 2.31. The van der Waals surface area contributed by atoms with E-state index in [1.807, 2.05) is 6.07 Å². The number of benzene rings is 2. The highest BCUT2D eigenvalue weighted by Gasteiger charge is 2.14. The van der Waals surface area contributed by atoms with Crippen molar-refractivity contribution in [2.45, 2.75) is 12.3 Å². The van der Waals surface area contributed by atoms with Crippen molar-refractivity contribution >= 4 is 23.2 Å². The van der Waals surface area contributed by atoms with E-state index in [2.05, 4.69) is 0 Å². The fraction of sp³-hybridized carbons (Fsp3) is 0.250. The Hall–Kier alpha value is -1.29. The lowest BCUT2D eigenvalue weighted by molar-refractivity contribution is 0.415. The van der Waals surface area contributed by atoms with E-state index in [9.17, 15) is 4.39 Å². The number of methoxy groups -OCH3 is 1. The maximum absolute atomic E-state index is 13.3. The van der Waals surface area contributed by atoms with E-state index in [4.69, 9.17) is 33.7 Å². The minimum absolute atomic E-state index is 0.00114. The van der Waals surface area contributed by atoms with Crippen molar-refractivity contribution in [1.82, 2.24) is 0 Å². The highest BCUT2D eigenvalue weighted by atomic mass is 35.5. The highest BCUT2D eigenvalue weighted by molar-refractivity contribution is 6.37. The lowest BCUT2D eigenvalue weighted by Crippen LogP contribution is -2.15. The molecule has 112 valence electrons. The summed E-state index contributed by atoms with van der Waals surface area (Å²) in [6.45, 7) is 0.407. The SMILES string of the molecule is COc1c(Cl)cc(CC(CN)c2cccc(F)c2)cc1Cl. The zero-order chi connectivity index (χ0) is 15.4. The van der Waals surface area contributed by atoms with Gasteiger partial charge in [-0.05, 0) is 48.4 Å². The van der Waals surface area contributed by atoms with E-state index in [-0.39, 0.29) is 11.7 Å². The second-order valence-corrected chi connectivity index (χ2v) is 5.60. The molecule has 0 aliphatic rings. The molecule has 2 nitrogen and oxygen atoms in total. The smallest absolute Gasteiger partial charge is 0.156 e. The third kappa shape index (κ3) is 3.88. The zero-order valence-electron chi connectivity index (χ0n) is 11.6. The van der Waals surface area contributed by atoms with Crippen LogP contribution in [0.1, 0.15) is 17.0 Å². The van der Waals surface area contributed by atoms with E-state index < -0.39 is 0 Å². The minimum Gasteiger partial charge on any atom is -0.494 e. The Kier molecular flexibility index (Phi) is 5.45. The minimum atomic E-state index is -0.267. The number of halogens is 3. The molecule has 21 heavy (non-hydrogen) atoms. The maximum Gasteiger partial charge on any atom is 0.156 e. The quantitative estimate of drug-likeness (QED) is 0.881. The highest BCUT2D eigenvalue weighted by Crippen LogP contribution is 2.35. The third-order valence-electron chi connectivity index (χ3n) is 3.35. The van der Waals surface area contributed by atoms with Crippen LogP contribution in [0, 0.1) is 5.82 Å². The summed E-state index contributed by atoms with van der Waals surface area (Å²) in [4.78, 5) is 0. The van der Waals surface area contributed by atoms with Crippen LogP contribution in [0.25, 0.3) is 0 Å². The molecular weight excluding hydrogens is 312 g/mol. The molecule has 0 amide bonds. The van der Waals surface area contributed by atoms with E-state index in [0.29, 0.717) is 28.8 Å². The lowest BCUT2D eigenvalue weighted by Gasteiger charge is -2.17. The average Bonchev–Trinajstić information content (AvgIpc) is 2.44. The first-order valence-corrected chi connectivity index (χ1v) is 7.28. The van der Waals surface area contributed by atoms with Crippen molar-refractivity contribution in [3.05, 3.63) is 63.4 Å². The first kappa shape index (κ1) is 16.1.